The maximum absolute atomic E-state index is 2.30. The van der Waals surface area contributed by atoms with E-state index in [0.29, 0.717) is 5.41 Å². The number of allylic oxidation sites excluding steroid dienone is 2. The molecule has 0 N–H and O–H groups in total. The fourth-order valence-corrected chi connectivity index (χ4v) is 1.40. The van der Waals surface area contributed by atoms with E-state index in [1.54, 1.807) is 11.1 Å². The molecule has 0 aromatic heterocycles. The fourth-order valence-electron chi connectivity index (χ4n) is 1.40. The van der Waals surface area contributed by atoms with Gasteiger partial charge in [-0.1, -0.05) is 25.0 Å². The van der Waals surface area contributed by atoms with Gasteiger partial charge in [-0.05, 0) is 25.7 Å². The smallest absolute Gasteiger partial charge is 0.0108 e. The molecule has 0 unspecified atom stereocenters. The van der Waals surface area contributed by atoms with Crippen molar-refractivity contribution >= 4 is 0 Å². The molecule has 0 aliphatic heterocycles. The van der Waals surface area contributed by atoms with Gasteiger partial charge < -0.3 is 0 Å². The second-order valence-electron chi connectivity index (χ2n) is 3.47. The summed E-state index contributed by atoms with van der Waals surface area (Å²) in [6, 6.07) is 0. The van der Waals surface area contributed by atoms with Crippen LogP contribution >= 0.6 is 0 Å². The van der Waals surface area contributed by atoms with E-state index in [1.807, 2.05) is 0 Å². The Hall–Kier alpha value is -0.260. The van der Waals surface area contributed by atoms with Crippen molar-refractivity contribution in [3.63, 3.8) is 0 Å². The maximum Gasteiger partial charge on any atom is -0.0108 e. The first kappa shape index (κ1) is 5.87. The van der Waals surface area contributed by atoms with Crippen LogP contribution in [0.15, 0.2) is 11.1 Å². The molecule has 0 saturated carbocycles. The van der Waals surface area contributed by atoms with Gasteiger partial charge in [0.1, 0.15) is 0 Å². The van der Waals surface area contributed by atoms with Crippen molar-refractivity contribution in [1.82, 2.24) is 0 Å². The first-order chi connectivity index (χ1) is 3.54. The molecule has 0 amide bonds. The van der Waals surface area contributed by atoms with Crippen molar-refractivity contribution in [2.45, 2.75) is 34.1 Å². The lowest BCUT2D eigenvalue weighted by molar-refractivity contribution is 0.379. The third-order valence-corrected chi connectivity index (χ3v) is 2.36. The molecule has 0 fully saturated rings. The normalized spacial score (nSPS) is 25.5. The van der Waals surface area contributed by atoms with Gasteiger partial charge in [0, 0.05) is 0 Å². The molecule has 0 bridgehead atoms. The molecular weight excluding hydrogens is 96.1 g/mol. The predicted molar refractivity (Wildman–Crippen MR) is 36.8 cm³/mol. The van der Waals surface area contributed by atoms with Crippen LogP contribution in [-0.2, 0) is 0 Å². The van der Waals surface area contributed by atoms with E-state index in [4.69, 9.17) is 0 Å². The lowest BCUT2D eigenvalue weighted by atomic mass is 9.68. The van der Waals surface area contributed by atoms with E-state index < -0.39 is 0 Å². The van der Waals surface area contributed by atoms with Crippen molar-refractivity contribution in [1.29, 1.82) is 0 Å². The SMILES string of the molecule is CC1=C(C)C(C)(C)C1. The molecule has 0 aromatic carbocycles. The van der Waals surface area contributed by atoms with Crippen LogP contribution in [0.5, 0.6) is 0 Å². The van der Waals surface area contributed by atoms with Crippen LogP contribution in [0.25, 0.3) is 0 Å². The molecular formula is C8H14. The highest BCUT2D eigenvalue weighted by atomic mass is 14.3. The quantitative estimate of drug-likeness (QED) is 0.420. The van der Waals surface area contributed by atoms with Crippen LogP contribution in [0.1, 0.15) is 34.1 Å². The van der Waals surface area contributed by atoms with E-state index in [2.05, 4.69) is 27.7 Å². The molecule has 0 nitrogen and oxygen atoms in total. The summed E-state index contributed by atoms with van der Waals surface area (Å²) in [5, 5.41) is 0. The van der Waals surface area contributed by atoms with E-state index in [9.17, 15) is 0 Å². The van der Waals surface area contributed by atoms with Crippen LogP contribution in [0.3, 0.4) is 0 Å². The summed E-state index contributed by atoms with van der Waals surface area (Å²) in [4.78, 5) is 0. The summed E-state index contributed by atoms with van der Waals surface area (Å²) < 4.78 is 0. The molecule has 1 aliphatic rings. The van der Waals surface area contributed by atoms with E-state index in [0.717, 1.165) is 0 Å². The van der Waals surface area contributed by atoms with Crippen molar-refractivity contribution < 1.29 is 0 Å². The Bertz CT molecular complexity index is 138. The summed E-state index contributed by atoms with van der Waals surface area (Å²) in [5.74, 6) is 0. The number of hydrogen-bond acceptors (Lipinski definition) is 0. The van der Waals surface area contributed by atoms with Crippen LogP contribution in [0.2, 0.25) is 0 Å². The Kier molecular flexibility index (Phi) is 1.00. The Balaban J connectivity index is 2.80. The zero-order valence-corrected chi connectivity index (χ0v) is 6.21. The molecule has 0 saturated heterocycles. The molecule has 0 aromatic rings. The summed E-state index contributed by atoms with van der Waals surface area (Å²) in [7, 11) is 0. The van der Waals surface area contributed by atoms with Crippen molar-refractivity contribution in [2.75, 3.05) is 0 Å². The van der Waals surface area contributed by atoms with Gasteiger partial charge in [-0.2, -0.15) is 0 Å². The summed E-state index contributed by atoms with van der Waals surface area (Å²) in [5.41, 5.74) is 3.72. The van der Waals surface area contributed by atoms with Gasteiger partial charge in [-0.15, -0.1) is 0 Å². The minimum absolute atomic E-state index is 0.532. The van der Waals surface area contributed by atoms with Gasteiger partial charge in [-0.25, -0.2) is 0 Å². The molecule has 0 spiro atoms. The second kappa shape index (κ2) is 1.37. The van der Waals surface area contributed by atoms with E-state index in [-0.39, 0.29) is 0 Å². The summed E-state index contributed by atoms with van der Waals surface area (Å²) >= 11 is 0. The van der Waals surface area contributed by atoms with E-state index in [1.165, 1.54) is 6.42 Å². The van der Waals surface area contributed by atoms with Gasteiger partial charge >= 0.3 is 0 Å². The lowest BCUT2D eigenvalue weighted by Crippen LogP contribution is -2.23. The van der Waals surface area contributed by atoms with Gasteiger partial charge in [0.2, 0.25) is 0 Å². The molecule has 0 heterocycles. The van der Waals surface area contributed by atoms with Gasteiger partial charge in [-0.3, -0.25) is 0 Å². The first-order valence-corrected chi connectivity index (χ1v) is 3.21. The van der Waals surface area contributed by atoms with Crippen molar-refractivity contribution in [3.8, 4) is 0 Å². The minimum atomic E-state index is 0.532. The average Bonchev–Trinajstić information content (AvgIpc) is 1.65. The molecule has 0 radical (unpaired) electrons. The zero-order chi connectivity index (χ0) is 6.36. The topological polar surface area (TPSA) is 0 Å². The molecule has 1 rings (SSSR count). The van der Waals surface area contributed by atoms with Crippen LogP contribution < -0.4 is 0 Å². The predicted octanol–water partition coefficient (Wildman–Crippen LogP) is 2.75. The monoisotopic (exact) mass is 110 g/mol. The highest BCUT2D eigenvalue weighted by Gasteiger charge is 2.30. The zero-order valence-electron chi connectivity index (χ0n) is 6.21. The standard InChI is InChI=1S/C8H14/c1-6-5-8(3,4)7(6)2/h5H2,1-4H3. The van der Waals surface area contributed by atoms with Gasteiger partial charge in [0.25, 0.3) is 0 Å². The maximum atomic E-state index is 2.30. The fraction of sp³-hybridized carbons (Fsp3) is 0.750. The minimum Gasteiger partial charge on any atom is -0.0730 e. The second-order valence-corrected chi connectivity index (χ2v) is 3.47. The summed E-state index contributed by atoms with van der Waals surface area (Å²) in [6.45, 7) is 9.06. The Morgan fingerprint density at radius 3 is 1.75 bits per heavy atom. The number of hydrogen-bond donors (Lipinski definition) is 0. The van der Waals surface area contributed by atoms with Crippen molar-refractivity contribution in [3.05, 3.63) is 11.1 Å². The molecule has 46 valence electrons. The van der Waals surface area contributed by atoms with Crippen LogP contribution in [-0.4, -0.2) is 0 Å². The lowest BCUT2D eigenvalue weighted by Gasteiger charge is -2.37. The third kappa shape index (κ3) is 0.594. The Morgan fingerprint density at radius 1 is 1.25 bits per heavy atom. The largest absolute Gasteiger partial charge is 0.0730 e. The molecule has 1 aliphatic carbocycles. The highest BCUT2D eigenvalue weighted by Crippen LogP contribution is 2.44. The summed E-state index contributed by atoms with van der Waals surface area (Å²) in [6.07, 6.45) is 1.30. The molecule has 0 heteroatoms. The Morgan fingerprint density at radius 2 is 1.75 bits per heavy atom. The van der Waals surface area contributed by atoms with Crippen LogP contribution in [0.4, 0.5) is 0 Å². The first-order valence-electron chi connectivity index (χ1n) is 3.21. The molecule has 0 atom stereocenters. The number of rotatable bonds is 0. The molecule has 8 heavy (non-hydrogen) atoms. The van der Waals surface area contributed by atoms with Gasteiger partial charge in [0.05, 0.1) is 0 Å². The highest BCUT2D eigenvalue weighted by molar-refractivity contribution is 5.29. The van der Waals surface area contributed by atoms with Crippen LogP contribution in [0, 0.1) is 5.41 Å². The Labute approximate surface area is 51.6 Å². The van der Waals surface area contributed by atoms with Crippen molar-refractivity contribution in [2.24, 2.45) is 5.41 Å². The van der Waals surface area contributed by atoms with E-state index >= 15 is 0 Å². The third-order valence-electron chi connectivity index (χ3n) is 2.36. The van der Waals surface area contributed by atoms with Gasteiger partial charge in [0.15, 0.2) is 0 Å². The average molecular weight is 110 g/mol.